The van der Waals surface area contributed by atoms with E-state index in [-0.39, 0.29) is 17.4 Å². The Morgan fingerprint density at radius 2 is 1.97 bits per heavy atom. The van der Waals surface area contributed by atoms with Gasteiger partial charge in [0.2, 0.25) is 0 Å². The topological polar surface area (TPSA) is 94.3 Å². The summed E-state index contributed by atoms with van der Waals surface area (Å²) in [4.78, 5) is 8.58. The maximum Gasteiger partial charge on any atom is 0.162 e. The number of benzene rings is 2. The lowest BCUT2D eigenvalue weighted by atomic mass is 10.2. The molecule has 1 heterocycles. The van der Waals surface area contributed by atoms with E-state index in [2.05, 4.69) is 20.6 Å². The third kappa shape index (κ3) is 5.80. The number of fused-ring (bicyclic) bond motifs is 1. The fourth-order valence-corrected chi connectivity index (χ4v) is 2.79. The van der Waals surface area contributed by atoms with E-state index >= 15 is 0 Å². The highest BCUT2D eigenvalue weighted by atomic mass is 35.5. The molecule has 3 aromatic rings. The number of methoxy groups -OCH3 is 1. The lowest BCUT2D eigenvalue weighted by Crippen LogP contribution is -2.26. The number of nitrogens with one attached hydrogen (secondary N) is 2. The van der Waals surface area contributed by atoms with Crippen molar-refractivity contribution in [2.75, 3.05) is 38.7 Å². The van der Waals surface area contributed by atoms with Crippen LogP contribution in [0, 0.1) is 5.82 Å². The Hall–Kier alpha value is -2.39. The molecule has 0 saturated carbocycles. The molecule has 0 atom stereocenters. The highest BCUT2D eigenvalue weighted by Crippen LogP contribution is 2.35. The molecular formula is C19H22Cl2FN5O2. The van der Waals surface area contributed by atoms with Crippen molar-refractivity contribution in [3.8, 4) is 11.5 Å². The second-order valence-electron chi connectivity index (χ2n) is 5.88. The van der Waals surface area contributed by atoms with Crippen LogP contribution >= 0.6 is 24.0 Å². The van der Waals surface area contributed by atoms with Crippen LogP contribution in [0.25, 0.3) is 10.9 Å². The number of nitrogens with two attached hydrogens (primary N) is 1. The first-order valence-corrected chi connectivity index (χ1v) is 9.08. The lowest BCUT2D eigenvalue weighted by Gasteiger charge is -2.14. The summed E-state index contributed by atoms with van der Waals surface area (Å²) < 4.78 is 24.6. The molecule has 0 fully saturated rings. The van der Waals surface area contributed by atoms with Crippen LogP contribution in [0.3, 0.4) is 0 Å². The molecule has 0 unspecified atom stereocenters. The van der Waals surface area contributed by atoms with Crippen LogP contribution in [0.4, 0.5) is 15.9 Å². The second kappa shape index (κ2) is 11.0. The molecule has 156 valence electrons. The third-order valence-corrected chi connectivity index (χ3v) is 4.25. The van der Waals surface area contributed by atoms with E-state index in [1.54, 1.807) is 19.2 Å². The normalized spacial score (nSPS) is 10.5. The molecular weight excluding hydrogens is 420 g/mol. The summed E-state index contributed by atoms with van der Waals surface area (Å²) in [5, 5.41) is 7.06. The SMILES string of the molecule is COc1cc2ncnc(Nc3ccc(F)c(Cl)c3)c2cc1OCCNCCN.Cl. The van der Waals surface area contributed by atoms with Crippen LogP contribution in [0.2, 0.25) is 5.02 Å². The minimum absolute atomic E-state index is 0. The molecule has 0 aliphatic rings. The van der Waals surface area contributed by atoms with Gasteiger partial charge < -0.3 is 25.8 Å². The molecule has 0 saturated heterocycles. The van der Waals surface area contributed by atoms with Gasteiger partial charge in [-0.05, 0) is 24.3 Å². The Morgan fingerprint density at radius 1 is 1.14 bits per heavy atom. The van der Waals surface area contributed by atoms with E-state index in [9.17, 15) is 4.39 Å². The molecule has 0 aliphatic carbocycles. The van der Waals surface area contributed by atoms with E-state index in [4.69, 9.17) is 26.8 Å². The van der Waals surface area contributed by atoms with Crippen molar-refractivity contribution < 1.29 is 13.9 Å². The molecule has 0 amide bonds. The quantitative estimate of drug-likeness (QED) is 0.437. The molecule has 0 aliphatic heterocycles. The Morgan fingerprint density at radius 3 is 2.69 bits per heavy atom. The predicted octanol–water partition coefficient (Wildman–Crippen LogP) is 3.52. The van der Waals surface area contributed by atoms with Crippen molar-refractivity contribution in [3.63, 3.8) is 0 Å². The zero-order valence-corrected chi connectivity index (χ0v) is 17.3. The van der Waals surface area contributed by atoms with Gasteiger partial charge in [0.25, 0.3) is 0 Å². The van der Waals surface area contributed by atoms with E-state index in [0.29, 0.717) is 48.2 Å². The van der Waals surface area contributed by atoms with Crippen molar-refractivity contribution in [2.45, 2.75) is 0 Å². The largest absolute Gasteiger partial charge is 0.493 e. The minimum Gasteiger partial charge on any atom is -0.493 e. The zero-order chi connectivity index (χ0) is 19.9. The van der Waals surface area contributed by atoms with E-state index in [0.717, 1.165) is 11.9 Å². The van der Waals surface area contributed by atoms with Crippen LogP contribution in [0.1, 0.15) is 0 Å². The summed E-state index contributed by atoms with van der Waals surface area (Å²) in [5.74, 6) is 1.20. The fourth-order valence-electron chi connectivity index (χ4n) is 2.61. The molecule has 3 rings (SSSR count). The van der Waals surface area contributed by atoms with Crippen LogP contribution in [-0.4, -0.2) is 43.3 Å². The van der Waals surface area contributed by atoms with Gasteiger partial charge in [0.15, 0.2) is 11.5 Å². The highest BCUT2D eigenvalue weighted by molar-refractivity contribution is 6.31. The van der Waals surface area contributed by atoms with Crippen molar-refractivity contribution in [1.82, 2.24) is 15.3 Å². The first kappa shape index (κ1) is 22.9. The average molecular weight is 442 g/mol. The highest BCUT2D eigenvalue weighted by Gasteiger charge is 2.12. The molecule has 29 heavy (non-hydrogen) atoms. The summed E-state index contributed by atoms with van der Waals surface area (Å²) in [6, 6.07) is 7.96. The Balaban J connectivity index is 0.00000300. The molecule has 0 radical (unpaired) electrons. The van der Waals surface area contributed by atoms with Crippen molar-refractivity contribution in [1.29, 1.82) is 0 Å². The number of ether oxygens (including phenoxy) is 2. The van der Waals surface area contributed by atoms with Crippen molar-refractivity contribution in [3.05, 3.63) is 47.5 Å². The second-order valence-corrected chi connectivity index (χ2v) is 6.29. The Labute approximate surface area is 179 Å². The molecule has 0 bridgehead atoms. The number of rotatable bonds is 9. The maximum absolute atomic E-state index is 13.4. The average Bonchev–Trinajstić information content (AvgIpc) is 2.70. The number of hydrogen-bond donors (Lipinski definition) is 3. The number of anilines is 2. The van der Waals surface area contributed by atoms with Crippen molar-refractivity contribution in [2.24, 2.45) is 5.73 Å². The zero-order valence-electron chi connectivity index (χ0n) is 15.7. The van der Waals surface area contributed by atoms with Crippen LogP contribution < -0.4 is 25.8 Å². The standard InChI is InChI=1S/C19H21ClFN5O2.ClH/c1-27-17-10-16-13(9-18(17)28-7-6-23-5-4-22)19(25-11-24-16)26-12-2-3-15(21)14(20)8-12;/h2-3,8-11,23H,4-7,22H2,1H3,(H,24,25,26);1H. The van der Waals surface area contributed by atoms with E-state index in [1.807, 2.05) is 6.07 Å². The maximum atomic E-state index is 13.4. The van der Waals surface area contributed by atoms with Gasteiger partial charge in [-0.25, -0.2) is 14.4 Å². The van der Waals surface area contributed by atoms with Gasteiger partial charge in [-0.2, -0.15) is 0 Å². The van der Waals surface area contributed by atoms with Gasteiger partial charge in [0.05, 0.1) is 17.6 Å². The Kier molecular flexibility index (Phi) is 8.66. The Bertz CT molecular complexity index is 961. The minimum atomic E-state index is -0.483. The molecule has 1 aromatic heterocycles. The van der Waals surface area contributed by atoms with E-state index < -0.39 is 5.82 Å². The first-order valence-electron chi connectivity index (χ1n) is 8.70. The fraction of sp³-hybridized carbons (Fsp3) is 0.263. The third-order valence-electron chi connectivity index (χ3n) is 3.96. The summed E-state index contributed by atoms with van der Waals surface area (Å²) in [5.41, 5.74) is 6.74. The molecule has 2 aromatic carbocycles. The number of hydrogen-bond acceptors (Lipinski definition) is 7. The first-order chi connectivity index (χ1) is 13.6. The molecule has 7 nitrogen and oxygen atoms in total. The van der Waals surface area contributed by atoms with Gasteiger partial charge in [-0.1, -0.05) is 11.6 Å². The predicted molar refractivity (Wildman–Crippen MR) is 115 cm³/mol. The van der Waals surface area contributed by atoms with Crippen molar-refractivity contribution >= 4 is 46.4 Å². The monoisotopic (exact) mass is 441 g/mol. The van der Waals surface area contributed by atoms with Gasteiger partial charge in [0.1, 0.15) is 24.6 Å². The van der Waals surface area contributed by atoms with Crippen LogP contribution in [0.5, 0.6) is 11.5 Å². The van der Waals surface area contributed by atoms with Gasteiger partial charge in [-0.15, -0.1) is 12.4 Å². The summed E-state index contributed by atoms with van der Waals surface area (Å²) in [6.45, 7) is 2.40. The number of aromatic nitrogens is 2. The van der Waals surface area contributed by atoms with E-state index in [1.165, 1.54) is 18.5 Å². The van der Waals surface area contributed by atoms with Crippen LogP contribution in [0.15, 0.2) is 36.7 Å². The van der Waals surface area contributed by atoms with Gasteiger partial charge in [0, 0.05) is 36.8 Å². The van der Waals surface area contributed by atoms with Gasteiger partial charge in [-0.3, -0.25) is 0 Å². The van der Waals surface area contributed by atoms with Crippen LogP contribution in [-0.2, 0) is 0 Å². The summed E-state index contributed by atoms with van der Waals surface area (Å²) in [7, 11) is 1.57. The number of nitrogens with zero attached hydrogens (tertiary/aromatic N) is 2. The molecule has 10 heteroatoms. The van der Waals surface area contributed by atoms with Gasteiger partial charge >= 0.3 is 0 Å². The lowest BCUT2D eigenvalue weighted by molar-refractivity contribution is 0.293. The smallest absolute Gasteiger partial charge is 0.162 e. The summed E-state index contributed by atoms with van der Waals surface area (Å²) in [6.07, 6.45) is 1.44. The molecule has 0 spiro atoms. The summed E-state index contributed by atoms with van der Waals surface area (Å²) >= 11 is 5.86. The molecule has 4 N–H and O–H groups in total. The number of halogens is 3.